The van der Waals surface area contributed by atoms with Gasteiger partial charge in [0.15, 0.2) is 0 Å². The molecule has 2 heteroatoms. The molecule has 2 nitrogen and oxygen atoms in total. The molecule has 13 heavy (non-hydrogen) atoms. The minimum Gasteiger partial charge on any atom is -0.326 e. The topological polar surface area (TPSA) is 29.3 Å². The van der Waals surface area contributed by atoms with Crippen molar-refractivity contribution >= 4 is 0 Å². The monoisotopic (exact) mass is 182 g/mol. The van der Waals surface area contributed by atoms with Crippen molar-refractivity contribution in [3.8, 4) is 0 Å². The predicted molar refractivity (Wildman–Crippen MR) is 55.6 cm³/mol. The Labute approximate surface area is 81.5 Å². The third-order valence-corrected chi connectivity index (χ3v) is 3.69. The zero-order chi connectivity index (χ0) is 9.64. The summed E-state index contributed by atoms with van der Waals surface area (Å²) < 4.78 is 0. The van der Waals surface area contributed by atoms with Crippen LogP contribution in [0.15, 0.2) is 0 Å². The van der Waals surface area contributed by atoms with E-state index in [-0.39, 0.29) is 0 Å². The van der Waals surface area contributed by atoms with Crippen molar-refractivity contribution in [2.75, 3.05) is 6.54 Å². The van der Waals surface area contributed by atoms with Gasteiger partial charge in [0.05, 0.1) is 0 Å². The average molecular weight is 182 g/mol. The summed E-state index contributed by atoms with van der Waals surface area (Å²) >= 11 is 0. The molecule has 1 saturated carbocycles. The number of likely N-dealkylation sites (tertiary alicyclic amines) is 1. The van der Waals surface area contributed by atoms with Crippen LogP contribution in [0.3, 0.4) is 0 Å². The highest BCUT2D eigenvalue weighted by molar-refractivity contribution is 5.00. The summed E-state index contributed by atoms with van der Waals surface area (Å²) in [6.07, 6.45) is 3.94. The molecule has 0 spiro atoms. The minimum absolute atomic E-state index is 0.307. The van der Waals surface area contributed by atoms with Crippen molar-refractivity contribution in [3.63, 3.8) is 0 Å². The van der Waals surface area contributed by atoms with Crippen molar-refractivity contribution < 1.29 is 0 Å². The highest BCUT2D eigenvalue weighted by atomic mass is 15.3. The molecule has 76 valence electrons. The number of rotatable bonds is 0. The number of nitrogens with zero attached hydrogens (tertiary/aromatic N) is 1. The zero-order valence-corrected chi connectivity index (χ0v) is 9.09. The van der Waals surface area contributed by atoms with Crippen LogP contribution >= 0.6 is 0 Å². The molecule has 0 aromatic heterocycles. The quantitative estimate of drug-likeness (QED) is 0.616. The second-order valence-corrected chi connectivity index (χ2v) is 5.73. The molecule has 1 heterocycles. The normalized spacial score (nSPS) is 41.1. The molecule has 1 aliphatic carbocycles. The van der Waals surface area contributed by atoms with Crippen LogP contribution in [0.4, 0.5) is 0 Å². The summed E-state index contributed by atoms with van der Waals surface area (Å²) in [7, 11) is 0. The Balaban J connectivity index is 2.14. The molecule has 2 fully saturated rings. The second-order valence-electron chi connectivity index (χ2n) is 5.73. The minimum atomic E-state index is 0.307. The third kappa shape index (κ3) is 1.62. The van der Waals surface area contributed by atoms with Crippen LogP contribution in [-0.4, -0.2) is 29.1 Å². The first-order chi connectivity index (χ1) is 5.98. The maximum Gasteiger partial charge on any atom is 0.0255 e. The van der Waals surface area contributed by atoms with Crippen LogP contribution in [0.1, 0.15) is 40.0 Å². The molecule has 0 radical (unpaired) electrons. The van der Waals surface area contributed by atoms with E-state index in [1.807, 2.05) is 0 Å². The number of hydrogen-bond donors (Lipinski definition) is 1. The molecule has 2 N–H and O–H groups in total. The lowest BCUT2D eigenvalue weighted by atomic mass is 9.87. The SMILES string of the molecule is CC(C)(C)N1CC2CCC(N)C1C2. The van der Waals surface area contributed by atoms with Gasteiger partial charge >= 0.3 is 0 Å². The van der Waals surface area contributed by atoms with Crippen LogP contribution in [0.25, 0.3) is 0 Å². The van der Waals surface area contributed by atoms with Gasteiger partial charge in [0.1, 0.15) is 0 Å². The number of nitrogens with two attached hydrogens (primary N) is 1. The van der Waals surface area contributed by atoms with E-state index in [4.69, 9.17) is 5.73 Å². The van der Waals surface area contributed by atoms with Crippen LogP contribution in [-0.2, 0) is 0 Å². The molecule has 0 aromatic rings. The molecule has 2 bridgehead atoms. The van der Waals surface area contributed by atoms with Gasteiger partial charge in [-0.05, 0) is 46.0 Å². The van der Waals surface area contributed by atoms with Gasteiger partial charge in [0.25, 0.3) is 0 Å². The Hall–Kier alpha value is -0.0800. The van der Waals surface area contributed by atoms with E-state index in [0.29, 0.717) is 17.6 Å². The van der Waals surface area contributed by atoms with E-state index in [2.05, 4.69) is 25.7 Å². The standard InChI is InChI=1S/C11H22N2/c1-11(2,3)13-7-8-4-5-9(12)10(13)6-8/h8-10H,4-7,12H2,1-3H3. The Bertz CT molecular complexity index is 195. The summed E-state index contributed by atoms with van der Waals surface area (Å²) in [4.78, 5) is 2.62. The van der Waals surface area contributed by atoms with Crippen LogP contribution < -0.4 is 5.73 Å². The van der Waals surface area contributed by atoms with Crippen molar-refractivity contribution in [1.29, 1.82) is 0 Å². The van der Waals surface area contributed by atoms with E-state index in [9.17, 15) is 0 Å². The van der Waals surface area contributed by atoms with Crippen molar-refractivity contribution in [2.24, 2.45) is 11.7 Å². The van der Waals surface area contributed by atoms with Crippen LogP contribution in [0.2, 0.25) is 0 Å². The lowest BCUT2D eigenvalue weighted by molar-refractivity contribution is 0.108. The highest BCUT2D eigenvalue weighted by Crippen LogP contribution is 2.38. The summed E-state index contributed by atoms with van der Waals surface area (Å²) in [6, 6.07) is 1.09. The molecular weight excluding hydrogens is 160 g/mol. The Morgan fingerprint density at radius 2 is 1.92 bits per heavy atom. The Kier molecular flexibility index (Phi) is 2.16. The van der Waals surface area contributed by atoms with Gasteiger partial charge in [-0.15, -0.1) is 0 Å². The first-order valence-electron chi connectivity index (χ1n) is 5.51. The van der Waals surface area contributed by atoms with E-state index >= 15 is 0 Å². The lowest BCUT2D eigenvalue weighted by Gasteiger charge is -2.39. The average Bonchev–Trinajstić information content (AvgIpc) is 2.36. The van der Waals surface area contributed by atoms with Crippen LogP contribution in [0, 0.1) is 5.92 Å². The summed E-state index contributed by atoms with van der Waals surface area (Å²) in [6.45, 7) is 8.20. The maximum atomic E-state index is 6.16. The molecule has 2 rings (SSSR count). The molecule has 3 atom stereocenters. The smallest absolute Gasteiger partial charge is 0.0255 e. The second kappa shape index (κ2) is 2.96. The van der Waals surface area contributed by atoms with Gasteiger partial charge in [0, 0.05) is 24.2 Å². The highest BCUT2D eigenvalue weighted by Gasteiger charge is 2.43. The fraction of sp³-hybridized carbons (Fsp3) is 1.00. The molecule has 3 unspecified atom stereocenters. The van der Waals surface area contributed by atoms with Crippen molar-refractivity contribution in [2.45, 2.75) is 57.7 Å². The molecule has 0 amide bonds. The first kappa shape index (κ1) is 9.47. The molecular formula is C11H22N2. The van der Waals surface area contributed by atoms with Crippen LogP contribution in [0.5, 0.6) is 0 Å². The van der Waals surface area contributed by atoms with E-state index in [1.165, 1.54) is 25.8 Å². The predicted octanol–water partition coefficient (Wildman–Crippen LogP) is 1.60. The number of hydrogen-bond acceptors (Lipinski definition) is 2. The van der Waals surface area contributed by atoms with Crippen molar-refractivity contribution in [3.05, 3.63) is 0 Å². The van der Waals surface area contributed by atoms with E-state index < -0.39 is 0 Å². The Morgan fingerprint density at radius 3 is 2.54 bits per heavy atom. The van der Waals surface area contributed by atoms with Gasteiger partial charge < -0.3 is 5.73 Å². The largest absolute Gasteiger partial charge is 0.326 e. The molecule has 1 aliphatic heterocycles. The van der Waals surface area contributed by atoms with Gasteiger partial charge in [-0.3, -0.25) is 4.90 Å². The van der Waals surface area contributed by atoms with Gasteiger partial charge in [-0.2, -0.15) is 0 Å². The summed E-state index contributed by atoms with van der Waals surface area (Å²) in [5.74, 6) is 0.934. The number of fused-ring (bicyclic) bond motifs is 2. The molecule has 1 saturated heterocycles. The molecule has 0 aromatic carbocycles. The lowest BCUT2D eigenvalue weighted by Crippen LogP contribution is -2.51. The third-order valence-electron chi connectivity index (χ3n) is 3.69. The maximum absolute atomic E-state index is 6.16. The fourth-order valence-electron chi connectivity index (χ4n) is 2.96. The molecule has 2 aliphatic rings. The first-order valence-corrected chi connectivity index (χ1v) is 5.51. The van der Waals surface area contributed by atoms with Gasteiger partial charge in [0.2, 0.25) is 0 Å². The Morgan fingerprint density at radius 1 is 1.23 bits per heavy atom. The van der Waals surface area contributed by atoms with Gasteiger partial charge in [-0.1, -0.05) is 0 Å². The van der Waals surface area contributed by atoms with Crippen molar-refractivity contribution in [1.82, 2.24) is 4.90 Å². The zero-order valence-electron chi connectivity index (χ0n) is 9.09. The summed E-state index contributed by atoms with van der Waals surface area (Å²) in [5.41, 5.74) is 6.47. The summed E-state index contributed by atoms with van der Waals surface area (Å²) in [5, 5.41) is 0. The fourth-order valence-corrected chi connectivity index (χ4v) is 2.96. The van der Waals surface area contributed by atoms with E-state index in [0.717, 1.165) is 5.92 Å². The van der Waals surface area contributed by atoms with Gasteiger partial charge in [-0.25, -0.2) is 0 Å². The van der Waals surface area contributed by atoms with E-state index in [1.54, 1.807) is 0 Å².